The van der Waals surface area contributed by atoms with Crippen LogP contribution in [0.15, 0.2) is 36.4 Å². The fourth-order valence-corrected chi connectivity index (χ4v) is 6.71. The van der Waals surface area contributed by atoms with Crippen LogP contribution in [-0.2, 0) is 12.8 Å². The highest BCUT2D eigenvalue weighted by Crippen LogP contribution is 2.49. The van der Waals surface area contributed by atoms with Gasteiger partial charge in [-0.15, -0.1) is 0 Å². The molecule has 1 aromatic carbocycles. The van der Waals surface area contributed by atoms with Crippen LogP contribution in [0.4, 0.5) is 0 Å². The molecule has 0 nitrogen and oxygen atoms in total. The van der Waals surface area contributed by atoms with Gasteiger partial charge in [-0.2, -0.15) is 0 Å². The van der Waals surface area contributed by atoms with Crippen molar-refractivity contribution in [3.05, 3.63) is 53.1 Å². The minimum absolute atomic E-state index is 0.952. The molecule has 0 heterocycles. The molecule has 5 atom stereocenters. The van der Waals surface area contributed by atoms with Crippen LogP contribution in [0.2, 0.25) is 0 Å². The Balaban J connectivity index is 1.32. The van der Waals surface area contributed by atoms with Crippen LogP contribution in [0.5, 0.6) is 0 Å². The molecule has 0 radical (unpaired) electrons. The van der Waals surface area contributed by atoms with Crippen LogP contribution < -0.4 is 0 Å². The maximum Gasteiger partial charge on any atom is -0.0245 e. The van der Waals surface area contributed by atoms with E-state index in [0.29, 0.717) is 0 Å². The summed E-state index contributed by atoms with van der Waals surface area (Å²) in [5.41, 5.74) is 4.66. The van der Waals surface area contributed by atoms with E-state index in [1.165, 1.54) is 69.8 Å². The van der Waals surface area contributed by atoms with Gasteiger partial charge in [0, 0.05) is 0 Å². The van der Waals surface area contributed by atoms with Gasteiger partial charge in [0.1, 0.15) is 0 Å². The average molecular weight is 377 g/mol. The van der Waals surface area contributed by atoms with E-state index in [2.05, 4.69) is 56.4 Å². The van der Waals surface area contributed by atoms with Gasteiger partial charge in [-0.25, -0.2) is 0 Å². The van der Waals surface area contributed by atoms with Crippen molar-refractivity contribution >= 4 is 6.08 Å². The van der Waals surface area contributed by atoms with Crippen LogP contribution >= 0.6 is 0 Å². The first kappa shape index (κ1) is 20.0. The summed E-state index contributed by atoms with van der Waals surface area (Å²) in [4.78, 5) is 0. The van der Waals surface area contributed by atoms with Gasteiger partial charge >= 0.3 is 0 Å². The Bertz CT molecular complexity index is 694. The van der Waals surface area contributed by atoms with Gasteiger partial charge in [0.25, 0.3) is 0 Å². The lowest BCUT2D eigenvalue weighted by atomic mass is 9.61. The summed E-state index contributed by atoms with van der Waals surface area (Å²) in [6.07, 6.45) is 25.0. The molecule has 3 aliphatic carbocycles. The molecule has 0 bridgehead atoms. The third-order valence-electron chi connectivity index (χ3n) is 8.26. The van der Waals surface area contributed by atoms with Crippen LogP contribution in [0.25, 0.3) is 6.08 Å². The quantitative estimate of drug-likeness (QED) is 0.456. The Hall–Kier alpha value is -1.30. The molecule has 152 valence electrons. The van der Waals surface area contributed by atoms with Crippen molar-refractivity contribution in [2.75, 3.05) is 0 Å². The van der Waals surface area contributed by atoms with Crippen molar-refractivity contribution in [2.24, 2.45) is 29.6 Å². The van der Waals surface area contributed by atoms with Gasteiger partial charge in [-0.05, 0) is 124 Å². The van der Waals surface area contributed by atoms with E-state index >= 15 is 0 Å². The lowest BCUT2D eigenvalue weighted by Gasteiger charge is -2.45. The van der Waals surface area contributed by atoms with Gasteiger partial charge in [0.15, 0.2) is 0 Å². The predicted molar refractivity (Wildman–Crippen MR) is 122 cm³/mol. The van der Waals surface area contributed by atoms with E-state index in [4.69, 9.17) is 0 Å². The van der Waals surface area contributed by atoms with Crippen molar-refractivity contribution in [3.63, 3.8) is 0 Å². The van der Waals surface area contributed by atoms with E-state index in [9.17, 15) is 0 Å². The fraction of sp³-hybridized carbons (Fsp3) is 0.643. The molecule has 0 aliphatic heterocycles. The second-order valence-corrected chi connectivity index (χ2v) is 9.95. The smallest absolute Gasteiger partial charge is 0.0245 e. The molecule has 0 amide bonds. The number of rotatable bonds is 5. The van der Waals surface area contributed by atoms with Gasteiger partial charge in [0.05, 0.1) is 0 Å². The van der Waals surface area contributed by atoms with Crippen molar-refractivity contribution < 1.29 is 0 Å². The molecule has 0 heteroatoms. The number of fused-ring (bicyclic) bond motifs is 2. The monoisotopic (exact) mass is 376 g/mol. The molecule has 3 aliphatic rings. The average Bonchev–Trinajstić information content (AvgIpc) is 2.73. The predicted octanol–water partition coefficient (Wildman–Crippen LogP) is 8.01. The Labute approximate surface area is 173 Å². The third kappa shape index (κ3) is 4.64. The summed E-state index contributed by atoms with van der Waals surface area (Å²) in [6, 6.07) is 7.20. The summed E-state index contributed by atoms with van der Waals surface area (Å²) < 4.78 is 0. The van der Waals surface area contributed by atoms with E-state index in [0.717, 1.165) is 29.6 Å². The Morgan fingerprint density at radius 2 is 1.61 bits per heavy atom. The molecule has 2 fully saturated rings. The van der Waals surface area contributed by atoms with Crippen molar-refractivity contribution in [1.82, 2.24) is 0 Å². The minimum atomic E-state index is 0.952. The first-order valence-corrected chi connectivity index (χ1v) is 12.1. The van der Waals surface area contributed by atoms with Crippen LogP contribution in [0.3, 0.4) is 0 Å². The Morgan fingerprint density at radius 1 is 0.821 bits per heavy atom. The number of benzene rings is 1. The largest absolute Gasteiger partial charge is 0.0917 e. The minimum Gasteiger partial charge on any atom is -0.0917 e. The van der Waals surface area contributed by atoms with Crippen molar-refractivity contribution in [3.8, 4) is 0 Å². The highest BCUT2D eigenvalue weighted by Gasteiger charge is 2.38. The zero-order valence-electron chi connectivity index (χ0n) is 18.2. The maximum absolute atomic E-state index is 2.44. The molecule has 0 spiro atoms. The standard InChI is InChI=1S/C28H40/c1-3-5-6-8-22-10-12-26-20-28(16-14-24(26)18-22)27-15-13-23-17-21(7-4-2)9-11-25(23)19-27/h3-5,7,9,11,17,22,24,26-28H,6,8,10,12-16,18-20H2,1-2H3. The van der Waals surface area contributed by atoms with Crippen LogP contribution in [0, 0.1) is 29.6 Å². The maximum atomic E-state index is 2.44. The van der Waals surface area contributed by atoms with Gasteiger partial charge < -0.3 is 0 Å². The number of hydrogen-bond donors (Lipinski definition) is 0. The van der Waals surface area contributed by atoms with Gasteiger partial charge in [-0.1, -0.05) is 48.9 Å². The first-order valence-electron chi connectivity index (χ1n) is 12.1. The van der Waals surface area contributed by atoms with E-state index < -0.39 is 0 Å². The zero-order chi connectivity index (χ0) is 19.3. The van der Waals surface area contributed by atoms with Gasteiger partial charge in [-0.3, -0.25) is 0 Å². The molecule has 4 rings (SSSR count). The summed E-state index contributed by atoms with van der Waals surface area (Å²) >= 11 is 0. The summed E-state index contributed by atoms with van der Waals surface area (Å²) in [6.45, 7) is 4.27. The molecule has 28 heavy (non-hydrogen) atoms. The van der Waals surface area contributed by atoms with E-state index in [1.807, 2.05) is 0 Å². The molecule has 0 saturated heterocycles. The highest BCUT2D eigenvalue weighted by atomic mass is 14.4. The Kier molecular flexibility index (Phi) is 6.76. The second-order valence-electron chi connectivity index (χ2n) is 9.95. The third-order valence-corrected chi connectivity index (χ3v) is 8.26. The summed E-state index contributed by atoms with van der Waals surface area (Å²) in [5.74, 6) is 5.08. The molecule has 0 N–H and O–H groups in total. The Morgan fingerprint density at radius 3 is 2.43 bits per heavy atom. The normalized spacial score (nSPS) is 33.1. The molecule has 1 aromatic rings. The van der Waals surface area contributed by atoms with Crippen molar-refractivity contribution in [2.45, 2.75) is 84.5 Å². The zero-order valence-corrected chi connectivity index (χ0v) is 18.2. The lowest BCUT2D eigenvalue weighted by Crippen LogP contribution is -2.35. The van der Waals surface area contributed by atoms with Crippen LogP contribution in [0.1, 0.15) is 88.3 Å². The number of aryl methyl sites for hydroxylation is 1. The van der Waals surface area contributed by atoms with E-state index in [-0.39, 0.29) is 0 Å². The highest BCUT2D eigenvalue weighted by molar-refractivity contribution is 5.52. The fourth-order valence-electron chi connectivity index (χ4n) is 6.71. The molecule has 5 unspecified atom stereocenters. The number of allylic oxidation sites excluding steroid dienone is 3. The van der Waals surface area contributed by atoms with Crippen LogP contribution in [-0.4, -0.2) is 0 Å². The summed E-state index contributed by atoms with van der Waals surface area (Å²) in [7, 11) is 0. The SMILES string of the molecule is CC=CCCC1CCC2CC(C3CCc4cc(C=CC)ccc4C3)CCC2C1. The topological polar surface area (TPSA) is 0 Å². The lowest BCUT2D eigenvalue weighted by molar-refractivity contribution is 0.0699. The van der Waals surface area contributed by atoms with E-state index in [1.54, 1.807) is 17.5 Å². The second kappa shape index (κ2) is 9.47. The molecular formula is C28H40. The molecule has 2 saturated carbocycles. The van der Waals surface area contributed by atoms with Gasteiger partial charge in [0.2, 0.25) is 0 Å². The molecular weight excluding hydrogens is 336 g/mol. The van der Waals surface area contributed by atoms with Crippen molar-refractivity contribution in [1.29, 1.82) is 0 Å². The summed E-state index contributed by atoms with van der Waals surface area (Å²) in [5, 5.41) is 0. The first-order chi connectivity index (χ1) is 13.8. The number of hydrogen-bond acceptors (Lipinski definition) is 0. The molecule has 0 aromatic heterocycles.